The molecule has 1 unspecified atom stereocenters. The molecule has 1 aromatic heterocycles. The van der Waals surface area contributed by atoms with Gasteiger partial charge >= 0.3 is 0 Å². The van der Waals surface area contributed by atoms with E-state index in [4.69, 9.17) is 0 Å². The van der Waals surface area contributed by atoms with Crippen LogP contribution in [0, 0.1) is 0 Å². The van der Waals surface area contributed by atoms with E-state index in [0.29, 0.717) is 0 Å². The van der Waals surface area contributed by atoms with Gasteiger partial charge in [-0.15, -0.1) is 23.1 Å². The molecule has 0 radical (unpaired) electrons. The van der Waals surface area contributed by atoms with E-state index >= 15 is 0 Å². The van der Waals surface area contributed by atoms with E-state index in [9.17, 15) is 4.79 Å². The Morgan fingerprint density at radius 1 is 1.69 bits per heavy atom. The lowest BCUT2D eigenvalue weighted by atomic mass is 10.4. The van der Waals surface area contributed by atoms with Crippen LogP contribution in [0.25, 0.3) is 0 Å². The summed E-state index contributed by atoms with van der Waals surface area (Å²) >= 11 is 3.40. The lowest BCUT2D eigenvalue weighted by molar-refractivity contribution is -0.126. The summed E-state index contributed by atoms with van der Waals surface area (Å²) in [6, 6.07) is 4.09. The maximum atomic E-state index is 11.5. The third-order valence-electron chi connectivity index (χ3n) is 2.13. The first-order chi connectivity index (χ1) is 6.27. The molecule has 2 rings (SSSR count). The van der Waals surface area contributed by atoms with Crippen molar-refractivity contribution in [1.82, 2.24) is 4.90 Å². The average molecular weight is 213 g/mol. The minimum atomic E-state index is 0.156. The highest BCUT2D eigenvalue weighted by Gasteiger charge is 2.29. The van der Waals surface area contributed by atoms with Crippen molar-refractivity contribution in [3.8, 4) is 0 Å². The van der Waals surface area contributed by atoms with Crippen molar-refractivity contribution in [3.63, 3.8) is 0 Å². The Morgan fingerprint density at radius 3 is 3.08 bits per heavy atom. The van der Waals surface area contributed by atoms with Gasteiger partial charge in [-0.05, 0) is 17.9 Å². The number of carbonyl (C=O) groups is 1. The molecule has 0 bridgehead atoms. The van der Waals surface area contributed by atoms with Crippen LogP contribution in [-0.2, 0) is 4.79 Å². The number of amides is 1. The summed E-state index contributed by atoms with van der Waals surface area (Å²) in [7, 11) is 1.87. The third-order valence-corrected chi connectivity index (χ3v) is 4.46. The second-order valence-electron chi connectivity index (χ2n) is 3.09. The molecule has 1 atom stereocenters. The fourth-order valence-electron chi connectivity index (χ4n) is 1.37. The Kier molecular flexibility index (Phi) is 2.60. The van der Waals surface area contributed by atoms with Crippen molar-refractivity contribution in [1.29, 1.82) is 0 Å². The van der Waals surface area contributed by atoms with Gasteiger partial charge in [-0.1, -0.05) is 6.07 Å². The molecule has 0 N–H and O–H groups in total. The minimum Gasteiger partial charge on any atom is -0.345 e. The first-order valence-electron chi connectivity index (χ1n) is 4.22. The lowest BCUT2D eigenvalue weighted by Crippen LogP contribution is -2.23. The molecule has 1 aliphatic rings. The first kappa shape index (κ1) is 9.09. The van der Waals surface area contributed by atoms with Gasteiger partial charge in [0.15, 0.2) is 0 Å². The van der Waals surface area contributed by atoms with Crippen molar-refractivity contribution in [2.45, 2.75) is 15.9 Å². The zero-order valence-corrected chi connectivity index (χ0v) is 9.03. The zero-order valence-electron chi connectivity index (χ0n) is 7.40. The molecule has 1 saturated heterocycles. The summed E-state index contributed by atoms with van der Waals surface area (Å²) in [6.07, 6.45) is 0.984. The van der Waals surface area contributed by atoms with Crippen molar-refractivity contribution >= 4 is 29.0 Å². The van der Waals surface area contributed by atoms with Gasteiger partial charge in [0.1, 0.15) is 0 Å². The van der Waals surface area contributed by atoms with Gasteiger partial charge in [-0.3, -0.25) is 4.79 Å². The van der Waals surface area contributed by atoms with Crippen LogP contribution in [0.5, 0.6) is 0 Å². The number of thiophene rings is 1. The smallest absolute Gasteiger partial charge is 0.235 e. The molecule has 0 saturated carbocycles. The molecule has 13 heavy (non-hydrogen) atoms. The van der Waals surface area contributed by atoms with Crippen molar-refractivity contribution < 1.29 is 4.79 Å². The second kappa shape index (κ2) is 3.72. The quantitative estimate of drug-likeness (QED) is 0.749. The number of rotatable bonds is 2. The molecule has 1 aromatic rings. The number of carbonyl (C=O) groups excluding carboxylic acids is 1. The van der Waals surface area contributed by atoms with Crippen LogP contribution < -0.4 is 0 Å². The molecule has 4 heteroatoms. The number of thioether (sulfide) groups is 1. The molecule has 1 fully saturated rings. The van der Waals surface area contributed by atoms with Gasteiger partial charge < -0.3 is 4.90 Å². The van der Waals surface area contributed by atoms with Crippen molar-refractivity contribution in [2.24, 2.45) is 0 Å². The summed E-state index contributed by atoms with van der Waals surface area (Å²) in [5, 5.41) is 2.20. The van der Waals surface area contributed by atoms with Gasteiger partial charge in [-0.2, -0.15) is 0 Å². The standard InChI is InChI=1S/C9H11NOS2/c1-10-5-4-7(9(10)11)13-8-3-2-6-12-8/h2-3,6-7H,4-5H2,1H3. The fraction of sp³-hybridized carbons (Fsp3) is 0.444. The Morgan fingerprint density at radius 2 is 2.54 bits per heavy atom. The molecule has 1 amide bonds. The summed E-state index contributed by atoms with van der Waals surface area (Å²) < 4.78 is 1.24. The van der Waals surface area contributed by atoms with Crippen LogP contribution in [0.1, 0.15) is 6.42 Å². The summed E-state index contributed by atoms with van der Waals surface area (Å²) in [6.45, 7) is 0.905. The summed E-state index contributed by atoms with van der Waals surface area (Å²) in [4.78, 5) is 13.4. The van der Waals surface area contributed by atoms with Crippen LogP contribution >= 0.6 is 23.1 Å². The number of nitrogens with zero attached hydrogens (tertiary/aromatic N) is 1. The molecule has 0 aliphatic carbocycles. The monoisotopic (exact) mass is 213 g/mol. The molecule has 2 heterocycles. The Labute approximate surface area is 85.9 Å². The molecule has 0 aromatic carbocycles. The Hall–Kier alpha value is -0.480. The highest BCUT2D eigenvalue weighted by molar-refractivity contribution is 8.02. The van der Waals surface area contributed by atoms with E-state index in [-0.39, 0.29) is 11.2 Å². The zero-order chi connectivity index (χ0) is 9.26. The van der Waals surface area contributed by atoms with Crippen LogP contribution in [0.3, 0.4) is 0 Å². The van der Waals surface area contributed by atoms with E-state index in [1.807, 2.05) is 23.4 Å². The Balaban J connectivity index is 2.00. The molecule has 2 nitrogen and oxygen atoms in total. The van der Waals surface area contributed by atoms with Crippen LogP contribution in [0.15, 0.2) is 21.7 Å². The molecule has 0 spiro atoms. The first-order valence-corrected chi connectivity index (χ1v) is 5.98. The van der Waals surface area contributed by atoms with Crippen molar-refractivity contribution in [2.75, 3.05) is 13.6 Å². The molecular formula is C9H11NOS2. The molecule has 70 valence electrons. The third kappa shape index (κ3) is 1.89. The summed E-state index contributed by atoms with van der Waals surface area (Å²) in [5.74, 6) is 0.276. The number of likely N-dealkylation sites (tertiary alicyclic amines) is 1. The highest BCUT2D eigenvalue weighted by Crippen LogP contribution is 2.32. The van der Waals surface area contributed by atoms with E-state index in [2.05, 4.69) is 6.07 Å². The van der Waals surface area contributed by atoms with Crippen LogP contribution in [0.4, 0.5) is 0 Å². The molecule has 1 aliphatic heterocycles. The Bertz CT molecular complexity index is 297. The number of hydrogen-bond donors (Lipinski definition) is 0. The SMILES string of the molecule is CN1CCC(Sc2cccs2)C1=O. The highest BCUT2D eigenvalue weighted by atomic mass is 32.2. The predicted molar refractivity (Wildman–Crippen MR) is 56.2 cm³/mol. The predicted octanol–water partition coefficient (Wildman–Crippen LogP) is 2.07. The average Bonchev–Trinajstić information content (AvgIpc) is 2.71. The topological polar surface area (TPSA) is 20.3 Å². The number of hydrogen-bond acceptors (Lipinski definition) is 3. The van der Waals surface area contributed by atoms with E-state index < -0.39 is 0 Å². The minimum absolute atomic E-state index is 0.156. The van der Waals surface area contributed by atoms with Gasteiger partial charge in [-0.25, -0.2) is 0 Å². The lowest BCUT2D eigenvalue weighted by Gasteiger charge is -2.08. The van der Waals surface area contributed by atoms with Crippen LogP contribution in [0.2, 0.25) is 0 Å². The van der Waals surface area contributed by atoms with Gasteiger partial charge in [0.2, 0.25) is 5.91 Å². The normalized spacial score (nSPS) is 22.7. The van der Waals surface area contributed by atoms with Gasteiger partial charge in [0.25, 0.3) is 0 Å². The van der Waals surface area contributed by atoms with E-state index in [1.165, 1.54) is 4.21 Å². The van der Waals surface area contributed by atoms with Crippen LogP contribution in [-0.4, -0.2) is 29.6 Å². The maximum absolute atomic E-state index is 11.5. The van der Waals surface area contributed by atoms with Gasteiger partial charge in [0.05, 0.1) is 9.46 Å². The van der Waals surface area contributed by atoms with E-state index in [1.54, 1.807) is 23.1 Å². The fourth-order valence-corrected chi connectivity index (χ4v) is 3.50. The summed E-state index contributed by atoms with van der Waals surface area (Å²) in [5.41, 5.74) is 0. The largest absolute Gasteiger partial charge is 0.345 e. The van der Waals surface area contributed by atoms with Crippen molar-refractivity contribution in [3.05, 3.63) is 17.5 Å². The maximum Gasteiger partial charge on any atom is 0.235 e. The molecular weight excluding hydrogens is 202 g/mol. The second-order valence-corrected chi connectivity index (χ2v) is 5.54. The van der Waals surface area contributed by atoms with E-state index in [0.717, 1.165) is 13.0 Å². The van der Waals surface area contributed by atoms with Gasteiger partial charge in [0, 0.05) is 13.6 Å².